The van der Waals surface area contributed by atoms with Crippen LogP contribution in [0.15, 0.2) is 41.2 Å². The van der Waals surface area contributed by atoms with Crippen molar-refractivity contribution in [2.45, 2.75) is 19.5 Å². The van der Waals surface area contributed by atoms with E-state index in [1.54, 1.807) is 6.07 Å². The summed E-state index contributed by atoms with van der Waals surface area (Å²) >= 11 is 5.76. The van der Waals surface area contributed by atoms with Crippen LogP contribution in [0.5, 0.6) is 0 Å². The zero-order valence-corrected chi connectivity index (χ0v) is 11.3. The van der Waals surface area contributed by atoms with E-state index in [0.29, 0.717) is 11.7 Å². The molecule has 0 bridgehead atoms. The lowest BCUT2D eigenvalue weighted by atomic mass is 10.00. The molecule has 3 rings (SSSR count). The highest BCUT2D eigenvalue weighted by molar-refractivity contribution is 6.29. The smallest absolute Gasteiger partial charge is 0.253 e. The van der Waals surface area contributed by atoms with Crippen molar-refractivity contribution in [3.8, 4) is 0 Å². The quantitative estimate of drug-likeness (QED) is 0.855. The van der Waals surface area contributed by atoms with Gasteiger partial charge >= 0.3 is 0 Å². The molecule has 1 aliphatic rings. The van der Waals surface area contributed by atoms with Gasteiger partial charge in [-0.25, -0.2) is 0 Å². The second-order valence-corrected chi connectivity index (χ2v) is 5.30. The van der Waals surface area contributed by atoms with Gasteiger partial charge in [0.15, 0.2) is 0 Å². The van der Waals surface area contributed by atoms with Crippen molar-refractivity contribution >= 4 is 11.6 Å². The van der Waals surface area contributed by atoms with Crippen LogP contribution in [0.1, 0.15) is 16.7 Å². The van der Waals surface area contributed by atoms with E-state index < -0.39 is 0 Å². The fourth-order valence-corrected chi connectivity index (χ4v) is 2.68. The lowest BCUT2D eigenvalue weighted by molar-refractivity contribution is 0.244. The summed E-state index contributed by atoms with van der Waals surface area (Å²) in [5, 5.41) is 0.387. The first kappa shape index (κ1) is 12.5. The number of aromatic nitrogens is 1. The molecular weight excluding hydrogens is 260 g/mol. The minimum absolute atomic E-state index is 0.0913. The number of benzene rings is 1. The monoisotopic (exact) mass is 274 g/mol. The predicted molar refractivity (Wildman–Crippen MR) is 76.3 cm³/mol. The topological polar surface area (TPSA) is 36.1 Å². The van der Waals surface area contributed by atoms with Crippen LogP contribution in [0.3, 0.4) is 0 Å². The summed E-state index contributed by atoms with van der Waals surface area (Å²) < 4.78 is 0. The predicted octanol–water partition coefficient (Wildman–Crippen LogP) is 2.59. The second kappa shape index (κ2) is 5.19. The van der Waals surface area contributed by atoms with Crippen molar-refractivity contribution in [2.75, 3.05) is 6.54 Å². The van der Waals surface area contributed by atoms with Crippen LogP contribution in [0.4, 0.5) is 0 Å². The molecule has 2 heterocycles. The molecule has 3 nitrogen and oxygen atoms in total. The third-order valence-electron chi connectivity index (χ3n) is 3.56. The average molecular weight is 275 g/mol. The van der Waals surface area contributed by atoms with Gasteiger partial charge in [0, 0.05) is 25.2 Å². The third-order valence-corrected chi connectivity index (χ3v) is 3.78. The lowest BCUT2D eigenvalue weighted by Crippen LogP contribution is -2.32. The highest BCUT2D eigenvalue weighted by atomic mass is 35.5. The Hall–Kier alpha value is -1.58. The number of nitrogens with one attached hydrogen (secondary N) is 1. The highest BCUT2D eigenvalue weighted by Gasteiger charge is 2.16. The van der Waals surface area contributed by atoms with Crippen LogP contribution in [-0.2, 0) is 19.5 Å². The fourth-order valence-electron chi connectivity index (χ4n) is 2.53. The number of hydrogen-bond donors (Lipinski definition) is 1. The number of hydrogen-bond acceptors (Lipinski definition) is 2. The maximum absolute atomic E-state index is 11.8. The van der Waals surface area contributed by atoms with Gasteiger partial charge in [-0.2, -0.15) is 0 Å². The number of H-pyrrole nitrogens is 1. The molecule has 1 aromatic heterocycles. The maximum Gasteiger partial charge on any atom is 0.253 e. The molecule has 0 saturated carbocycles. The van der Waals surface area contributed by atoms with E-state index in [1.165, 1.54) is 11.1 Å². The Bertz CT molecular complexity index is 651. The first-order chi connectivity index (χ1) is 9.22. The summed E-state index contributed by atoms with van der Waals surface area (Å²) in [4.78, 5) is 16.7. The van der Waals surface area contributed by atoms with Crippen molar-refractivity contribution in [3.05, 3.63) is 68.6 Å². The van der Waals surface area contributed by atoms with E-state index in [4.69, 9.17) is 11.6 Å². The number of aromatic amines is 1. The largest absolute Gasteiger partial charge is 0.313 e. The Morgan fingerprint density at radius 3 is 2.74 bits per heavy atom. The first-order valence-electron chi connectivity index (χ1n) is 6.39. The van der Waals surface area contributed by atoms with Crippen LogP contribution >= 0.6 is 11.6 Å². The molecule has 2 aromatic rings. The van der Waals surface area contributed by atoms with Gasteiger partial charge in [0.25, 0.3) is 5.56 Å². The molecule has 0 amide bonds. The van der Waals surface area contributed by atoms with Gasteiger partial charge in [0.1, 0.15) is 5.15 Å². The minimum Gasteiger partial charge on any atom is -0.313 e. The molecule has 1 aromatic carbocycles. The van der Waals surface area contributed by atoms with Crippen molar-refractivity contribution in [1.29, 1.82) is 0 Å². The van der Waals surface area contributed by atoms with E-state index in [0.717, 1.165) is 25.1 Å². The summed E-state index contributed by atoms with van der Waals surface area (Å²) in [5.41, 5.74) is 3.46. The van der Waals surface area contributed by atoms with E-state index >= 15 is 0 Å². The van der Waals surface area contributed by atoms with Gasteiger partial charge in [-0.3, -0.25) is 9.69 Å². The number of halogens is 1. The standard InChI is InChI=1S/C15H15ClN2O/c16-14-6-5-13(15(19)17-14)10-18-8-7-11-3-1-2-4-12(11)9-18/h1-6H,7-10H2,(H,17,19). The van der Waals surface area contributed by atoms with Gasteiger partial charge in [-0.05, 0) is 29.7 Å². The van der Waals surface area contributed by atoms with Gasteiger partial charge < -0.3 is 4.98 Å². The number of rotatable bonds is 2. The molecule has 19 heavy (non-hydrogen) atoms. The molecule has 0 fully saturated rings. The number of fused-ring (bicyclic) bond motifs is 1. The normalized spacial score (nSPS) is 15.2. The van der Waals surface area contributed by atoms with Gasteiger partial charge in [0.05, 0.1) is 0 Å². The van der Waals surface area contributed by atoms with Gasteiger partial charge in [0.2, 0.25) is 0 Å². The van der Waals surface area contributed by atoms with Crippen molar-refractivity contribution in [2.24, 2.45) is 0 Å². The number of pyridine rings is 1. The fraction of sp³-hybridized carbons (Fsp3) is 0.267. The molecule has 0 spiro atoms. The summed E-state index contributed by atoms with van der Waals surface area (Å²) in [7, 11) is 0. The van der Waals surface area contributed by atoms with Crippen LogP contribution in [0.25, 0.3) is 0 Å². The molecule has 0 unspecified atom stereocenters. The molecule has 4 heteroatoms. The molecule has 0 atom stereocenters. The molecule has 1 N–H and O–H groups in total. The maximum atomic E-state index is 11.8. The molecule has 98 valence electrons. The van der Waals surface area contributed by atoms with E-state index in [2.05, 4.69) is 34.1 Å². The first-order valence-corrected chi connectivity index (χ1v) is 6.77. The SMILES string of the molecule is O=c1[nH]c(Cl)ccc1CN1CCc2ccccc2C1. The van der Waals surface area contributed by atoms with Crippen LogP contribution in [0.2, 0.25) is 5.15 Å². The molecule has 0 saturated heterocycles. The zero-order valence-electron chi connectivity index (χ0n) is 10.5. The average Bonchev–Trinajstić information content (AvgIpc) is 2.42. The minimum atomic E-state index is -0.0913. The van der Waals surface area contributed by atoms with E-state index in [1.807, 2.05) is 6.07 Å². The van der Waals surface area contributed by atoms with E-state index in [-0.39, 0.29) is 5.56 Å². The second-order valence-electron chi connectivity index (χ2n) is 4.89. The van der Waals surface area contributed by atoms with Crippen molar-refractivity contribution < 1.29 is 0 Å². The molecule has 0 aliphatic carbocycles. The van der Waals surface area contributed by atoms with Crippen molar-refractivity contribution in [3.63, 3.8) is 0 Å². The van der Waals surface area contributed by atoms with Crippen molar-refractivity contribution in [1.82, 2.24) is 9.88 Å². The zero-order chi connectivity index (χ0) is 13.2. The Balaban J connectivity index is 1.77. The van der Waals surface area contributed by atoms with Crippen LogP contribution in [0, 0.1) is 0 Å². The number of nitrogens with zero attached hydrogens (tertiary/aromatic N) is 1. The van der Waals surface area contributed by atoms with Gasteiger partial charge in [-0.1, -0.05) is 35.9 Å². The Morgan fingerprint density at radius 2 is 1.95 bits per heavy atom. The molecule has 1 aliphatic heterocycles. The summed E-state index contributed by atoms with van der Waals surface area (Å²) in [6.07, 6.45) is 1.04. The molecular formula is C15H15ClN2O. The van der Waals surface area contributed by atoms with E-state index in [9.17, 15) is 4.79 Å². The van der Waals surface area contributed by atoms with Gasteiger partial charge in [-0.15, -0.1) is 0 Å². The summed E-state index contributed by atoms with van der Waals surface area (Å²) in [6.45, 7) is 2.55. The van der Waals surface area contributed by atoms with Crippen LogP contribution in [-0.4, -0.2) is 16.4 Å². The third kappa shape index (κ3) is 2.72. The van der Waals surface area contributed by atoms with Crippen LogP contribution < -0.4 is 5.56 Å². The lowest BCUT2D eigenvalue weighted by Gasteiger charge is -2.28. The molecule has 0 radical (unpaired) electrons. The summed E-state index contributed by atoms with van der Waals surface area (Å²) in [6, 6.07) is 12.0. The Kier molecular flexibility index (Phi) is 3.40. The highest BCUT2D eigenvalue weighted by Crippen LogP contribution is 2.19. The Morgan fingerprint density at radius 1 is 1.16 bits per heavy atom. The Labute approximate surface area is 116 Å². The summed E-state index contributed by atoms with van der Waals surface area (Å²) in [5.74, 6) is 0.